The van der Waals surface area contributed by atoms with Crippen molar-refractivity contribution in [1.29, 1.82) is 0 Å². The van der Waals surface area contributed by atoms with Crippen LogP contribution in [-0.2, 0) is 16.1 Å². The maximum Gasteiger partial charge on any atom is 0.341 e. The summed E-state index contributed by atoms with van der Waals surface area (Å²) in [6, 6.07) is 9.84. The molecule has 1 N–H and O–H groups in total. The molecule has 0 aliphatic carbocycles. The van der Waals surface area contributed by atoms with Gasteiger partial charge >= 0.3 is 5.97 Å². The zero-order valence-electron chi connectivity index (χ0n) is 16.0. The summed E-state index contributed by atoms with van der Waals surface area (Å²) in [6.45, 7) is 5.84. The van der Waals surface area contributed by atoms with Crippen molar-refractivity contribution in [1.82, 2.24) is 4.90 Å². The third-order valence-electron chi connectivity index (χ3n) is 3.91. The predicted molar refractivity (Wildman–Crippen MR) is 106 cm³/mol. The van der Waals surface area contributed by atoms with E-state index in [1.54, 1.807) is 13.8 Å². The number of amides is 1. The van der Waals surface area contributed by atoms with Crippen molar-refractivity contribution in [2.75, 3.05) is 25.5 Å². The van der Waals surface area contributed by atoms with Crippen LogP contribution in [0.1, 0.15) is 45.0 Å². The van der Waals surface area contributed by atoms with E-state index in [9.17, 15) is 14.4 Å². The summed E-state index contributed by atoms with van der Waals surface area (Å²) in [5.41, 5.74) is 1.90. The third kappa shape index (κ3) is 5.48. The molecule has 1 amide bonds. The topological polar surface area (TPSA) is 75.7 Å². The Kier molecular flexibility index (Phi) is 7.27. The van der Waals surface area contributed by atoms with Crippen LogP contribution in [0.2, 0.25) is 0 Å². The maximum absolute atomic E-state index is 12.5. The number of nitrogens with one attached hydrogen (secondary N) is 1. The van der Waals surface area contributed by atoms with E-state index < -0.39 is 5.97 Å². The minimum absolute atomic E-state index is 0.148. The van der Waals surface area contributed by atoms with Crippen LogP contribution in [0.4, 0.5) is 5.00 Å². The number of carbonyl (C=O) groups excluding carboxylic acids is 3. The number of rotatable bonds is 8. The highest BCUT2D eigenvalue weighted by molar-refractivity contribution is 7.18. The van der Waals surface area contributed by atoms with E-state index in [4.69, 9.17) is 4.74 Å². The van der Waals surface area contributed by atoms with Gasteiger partial charge in [-0.15, -0.1) is 11.3 Å². The average molecular weight is 388 g/mol. The normalized spacial score (nSPS) is 10.7. The van der Waals surface area contributed by atoms with Crippen LogP contribution in [0.25, 0.3) is 0 Å². The number of hydrogen-bond acceptors (Lipinski definition) is 6. The molecule has 0 unspecified atom stereocenters. The summed E-state index contributed by atoms with van der Waals surface area (Å²) >= 11 is 1.11. The molecule has 0 spiro atoms. The van der Waals surface area contributed by atoms with Crippen LogP contribution >= 0.6 is 11.3 Å². The van der Waals surface area contributed by atoms with Crippen LogP contribution in [0.5, 0.6) is 0 Å². The number of thiophene rings is 1. The Labute approximate surface area is 163 Å². The number of hydrogen-bond donors (Lipinski definition) is 1. The van der Waals surface area contributed by atoms with Crippen molar-refractivity contribution in [3.8, 4) is 0 Å². The standard InChI is InChI=1S/C20H24N2O4S/c1-5-26-20(25)17-13(2)18(14(3)23)27-19(17)21-16(24)12-22(4)11-15-9-7-6-8-10-15/h6-10H,5,11-12H2,1-4H3,(H,21,24). The van der Waals surface area contributed by atoms with E-state index in [0.29, 0.717) is 22.0 Å². The van der Waals surface area contributed by atoms with Crippen molar-refractivity contribution in [2.45, 2.75) is 27.3 Å². The summed E-state index contributed by atoms with van der Waals surface area (Å²) in [7, 11) is 1.85. The molecule has 0 bridgehead atoms. The molecule has 2 rings (SSSR count). The van der Waals surface area contributed by atoms with E-state index in [1.165, 1.54) is 6.92 Å². The van der Waals surface area contributed by atoms with Gasteiger partial charge in [0.2, 0.25) is 5.91 Å². The van der Waals surface area contributed by atoms with Crippen molar-refractivity contribution in [3.63, 3.8) is 0 Å². The van der Waals surface area contributed by atoms with Crippen LogP contribution in [0.3, 0.4) is 0 Å². The van der Waals surface area contributed by atoms with E-state index >= 15 is 0 Å². The first-order valence-electron chi connectivity index (χ1n) is 8.67. The lowest BCUT2D eigenvalue weighted by atomic mass is 10.1. The molecule has 0 saturated carbocycles. The first-order valence-corrected chi connectivity index (χ1v) is 9.48. The molecule has 2 aromatic rings. The second-order valence-electron chi connectivity index (χ2n) is 6.24. The molecular formula is C20H24N2O4S. The van der Waals surface area contributed by atoms with Gasteiger partial charge in [-0.25, -0.2) is 4.79 Å². The van der Waals surface area contributed by atoms with Gasteiger partial charge in [-0.1, -0.05) is 30.3 Å². The molecule has 27 heavy (non-hydrogen) atoms. The minimum atomic E-state index is -0.535. The highest BCUT2D eigenvalue weighted by atomic mass is 32.1. The number of Topliss-reactive ketones (excluding diaryl/α,β-unsaturated/α-hetero) is 1. The molecule has 1 heterocycles. The fourth-order valence-electron chi connectivity index (χ4n) is 2.75. The molecule has 144 valence electrons. The number of esters is 1. The molecule has 1 aromatic heterocycles. The number of nitrogens with zero attached hydrogens (tertiary/aromatic N) is 1. The van der Waals surface area contributed by atoms with Crippen LogP contribution < -0.4 is 5.32 Å². The van der Waals surface area contributed by atoms with Gasteiger partial charge < -0.3 is 10.1 Å². The molecule has 0 aliphatic rings. The summed E-state index contributed by atoms with van der Waals surface area (Å²) in [5.74, 6) is -0.938. The Morgan fingerprint density at radius 1 is 1.19 bits per heavy atom. The lowest BCUT2D eigenvalue weighted by Gasteiger charge is -2.16. The maximum atomic E-state index is 12.5. The lowest BCUT2D eigenvalue weighted by molar-refractivity contribution is -0.117. The number of benzene rings is 1. The molecular weight excluding hydrogens is 364 g/mol. The van der Waals surface area contributed by atoms with E-state index in [1.807, 2.05) is 42.3 Å². The second-order valence-corrected chi connectivity index (χ2v) is 7.26. The van der Waals surface area contributed by atoms with Crippen LogP contribution in [0.15, 0.2) is 30.3 Å². The first kappa shape index (κ1) is 20.8. The first-order chi connectivity index (χ1) is 12.8. The van der Waals surface area contributed by atoms with E-state index in [0.717, 1.165) is 16.9 Å². The third-order valence-corrected chi connectivity index (χ3v) is 5.22. The smallest absolute Gasteiger partial charge is 0.341 e. The SMILES string of the molecule is CCOC(=O)c1c(NC(=O)CN(C)Cc2ccccc2)sc(C(C)=O)c1C. The van der Waals surface area contributed by atoms with Gasteiger partial charge in [-0.3, -0.25) is 14.5 Å². The Hall–Kier alpha value is -2.51. The van der Waals surface area contributed by atoms with Crippen LogP contribution in [0, 0.1) is 6.92 Å². The number of anilines is 1. The fraction of sp³-hybridized carbons (Fsp3) is 0.350. The minimum Gasteiger partial charge on any atom is -0.462 e. The van der Waals surface area contributed by atoms with Gasteiger partial charge in [0.1, 0.15) is 5.00 Å². The van der Waals surface area contributed by atoms with Gasteiger partial charge in [0.25, 0.3) is 0 Å². The molecule has 0 atom stereocenters. The Balaban J connectivity index is 2.13. The monoisotopic (exact) mass is 388 g/mol. The number of likely N-dealkylation sites (N-methyl/N-ethyl adjacent to an activating group) is 1. The molecule has 0 saturated heterocycles. The summed E-state index contributed by atoms with van der Waals surface area (Å²) in [6.07, 6.45) is 0. The number of ketones is 1. The summed E-state index contributed by atoms with van der Waals surface area (Å²) in [5, 5.41) is 3.12. The zero-order chi connectivity index (χ0) is 20.0. The Morgan fingerprint density at radius 2 is 1.85 bits per heavy atom. The molecule has 6 nitrogen and oxygen atoms in total. The highest BCUT2D eigenvalue weighted by Crippen LogP contribution is 2.34. The summed E-state index contributed by atoms with van der Waals surface area (Å²) in [4.78, 5) is 38.9. The molecule has 0 aliphatic heterocycles. The van der Waals surface area contributed by atoms with Crippen molar-refractivity contribution in [3.05, 3.63) is 51.9 Å². The lowest BCUT2D eigenvalue weighted by Crippen LogP contribution is -2.30. The fourth-order valence-corrected chi connectivity index (χ4v) is 3.86. The molecule has 0 radical (unpaired) electrons. The van der Waals surface area contributed by atoms with Gasteiger partial charge in [-0.05, 0) is 38.9 Å². The van der Waals surface area contributed by atoms with Gasteiger partial charge in [0, 0.05) is 6.54 Å². The van der Waals surface area contributed by atoms with Gasteiger partial charge in [0.15, 0.2) is 5.78 Å². The molecule has 1 aromatic carbocycles. The van der Waals surface area contributed by atoms with E-state index in [2.05, 4.69) is 5.32 Å². The highest BCUT2D eigenvalue weighted by Gasteiger charge is 2.25. The van der Waals surface area contributed by atoms with E-state index in [-0.39, 0.29) is 30.4 Å². The summed E-state index contributed by atoms with van der Waals surface area (Å²) < 4.78 is 5.08. The Bertz CT molecular complexity index is 830. The van der Waals surface area contributed by atoms with Crippen molar-refractivity contribution >= 4 is 34.0 Å². The van der Waals surface area contributed by atoms with Crippen molar-refractivity contribution < 1.29 is 19.1 Å². The van der Waals surface area contributed by atoms with Gasteiger partial charge in [0.05, 0.1) is 23.6 Å². The average Bonchev–Trinajstić information content (AvgIpc) is 2.92. The zero-order valence-corrected chi connectivity index (χ0v) is 16.8. The van der Waals surface area contributed by atoms with Crippen LogP contribution in [-0.4, -0.2) is 42.8 Å². The van der Waals surface area contributed by atoms with Gasteiger partial charge in [-0.2, -0.15) is 0 Å². The number of carbonyl (C=O) groups is 3. The van der Waals surface area contributed by atoms with Crippen molar-refractivity contribution in [2.24, 2.45) is 0 Å². The Morgan fingerprint density at radius 3 is 2.44 bits per heavy atom. The predicted octanol–water partition coefficient (Wildman–Crippen LogP) is 3.51. The molecule has 0 fully saturated rings. The second kappa shape index (κ2) is 9.43. The quantitative estimate of drug-likeness (QED) is 0.553. The number of ether oxygens (including phenoxy) is 1. The molecule has 7 heteroatoms. The largest absolute Gasteiger partial charge is 0.462 e.